The monoisotopic (exact) mass is 590 g/mol. The quantitative estimate of drug-likeness (QED) is 0.213. The first-order chi connectivity index (χ1) is 21.1. The van der Waals surface area contributed by atoms with Crippen LogP contribution in [0.4, 0.5) is 0 Å². The van der Waals surface area contributed by atoms with Gasteiger partial charge in [-0.3, -0.25) is 14.6 Å². The largest absolute Gasteiger partial charge is 0.346 e. The van der Waals surface area contributed by atoms with Gasteiger partial charge in [0.25, 0.3) is 0 Å². The van der Waals surface area contributed by atoms with Crippen molar-refractivity contribution in [3.8, 4) is 11.1 Å². The van der Waals surface area contributed by atoms with Crippen LogP contribution in [0.2, 0.25) is 0 Å². The number of carbonyl (C=O) groups excluding carboxylic acids is 2. The van der Waals surface area contributed by atoms with Gasteiger partial charge in [-0.05, 0) is 91.7 Å². The minimum atomic E-state index is -0.750. The molecule has 2 amide bonds. The van der Waals surface area contributed by atoms with Crippen molar-refractivity contribution in [1.82, 2.24) is 20.5 Å². The molecule has 230 valence electrons. The average molecular weight is 591 g/mol. The molecule has 0 spiro atoms. The van der Waals surface area contributed by atoms with Crippen molar-refractivity contribution in [3.05, 3.63) is 115 Å². The van der Waals surface area contributed by atoms with E-state index in [9.17, 15) is 9.59 Å². The highest BCUT2D eigenvalue weighted by Gasteiger charge is 2.46. The van der Waals surface area contributed by atoms with Crippen LogP contribution in [0.5, 0.6) is 0 Å². The molecule has 2 aromatic carbocycles. The Hall–Kier alpha value is -4.19. The number of amides is 2. The molecule has 2 N–H and O–H groups in total. The number of nitrogens with one attached hydrogen (secondary N) is 2. The molecule has 3 aromatic rings. The summed E-state index contributed by atoms with van der Waals surface area (Å²) in [5.41, 5.74) is 5.70. The number of nitrogens with zero attached hydrogens (tertiary/aromatic N) is 2. The minimum Gasteiger partial charge on any atom is -0.346 e. The number of hydrogen-bond acceptors (Lipinski definition) is 4. The maximum Gasteiger partial charge on any atom is 0.248 e. The Bertz CT molecular complexity index is 1490. The lowest BCUT2D eigenvalue weighted by molar-refractivity contribution is -0.136. The van der Waals surface area contributed by atoms with E-state index in [0.717, 1.165) is 48.1 Å². The average Bonchev–Trinajstić information content (AvgIpc) is 3.23. The van der Waals surface area contributed by atoms with E-state index in [4.69, 9.17) is 0 Å². The molecule has 0 saturated carbocycles. The predicted octanol–water partition coefficient (Wildman–Crippen LogP) is 6.79. The van der Waals surface area contributed by atoms with Crippen LogP contribution in [0, 0.1) is 11.8 Å². The van der Waals surface area contributed by atoms with Gasteiger partial charge < -0.3 is 15.5 Å². The van der Waals surface area contributed by atoms with E-state index in [1.165, 1.54) is 11.1 Å². The van der Waals surface area contributed by atoms with Gasteiger partial charge in [0, 0.05) is 18.1 Å². The molecule has 6 heteroatoms. The fourth-order valence-corrected chi connectivity index (χ4v) is 6.71. The number of aryl methyl sites for hydroxylation is 1. The number of rotatable bonds is 9. The molecule has 1 aromatic heterocycles. The summed E-state index contributed by atoms with van der Waals surface area (Å²) in [7, 11) is 0. The highest BCUT2D eigenvalue weighted by atomic mass is 16.2. The number of pyridine rings is 1. The number of hydrogen-bond donors (Lipinski definition) is 2. The molecule has 1 aliphatic heterocycles. The van der Waals surface area contributed by atoms with Gasteiger partial charge in [-0.1, -0.05) is 81.1 Å². The maximum atomic E-state index is 14.4. The van der Waals surface area contributed by atoms with Crippen molar-refractivity contribution in [2.45, 2.75) is 83.5 Å². The summed E-state index contributed by atoms with van der Waals surface area (Å²) < 4.78 is 0. The minimum absolute atomic E-state index is 0.0404. The molecule has 0 bridgehead atoms. The van der Waals surface area contributed by atoms with Gasteiger partial charge in [-0.25, -0.2) is 0 Å². The van der Waals surface area contributed by atoms with Crippen molar-refractivity contribution in [3.63, 3.8) is 0 Å². The summed E-state index contributed by atoms with van der Waals surface area (Å²) in [6, 6.07) is 19.0. The van der Waals surface area contributed by atoms with Gasteiger partial charge in [0.1, 0.15) is 12.1 Å². The molecule has 1 aliphatic carbocycles. The lowest BCUT2D eigenvalue weighted by Gasteiger charge is -2.49. The lowest BCUT2D eigenvalue weighted by atomic mass is 9.83. The van der Waals surface area contributed by atoms with Crippen LogP contribution in [0.15, 0.2) is 98.0 Å². The van der Waals surface area contributed by atoms with Crippen molar-refractivity contribution in [1.29, 1.82) is 0 Å². The first kappa shape index (κ1) is 31.2. The SMILES string of the molecule is C=CC(C)(C)NC(=O)[C@@H](c1ccc(-c2cccnc2)cc1)N1C(=C)[C@@H](C2CCCc3ccccc3C2)NC(=O)[C@H]1CC(C)C. The Kier molecular flexibility index (Phi) is 9.38. The predicted molar refractivity (Wildman–Crippen MR) is 178 cm³/mol. The highest BCUT2D eigenvalue weighted by molar-refractivity contribution is 5.89. The molecule has 4 atom stereocenters. The second-order valence-electron chi connectivity index (χ2n) is 13.3. The molecule has 2 aliphatic rings. The Labute approximate surface area is 262 Å². The molecule has 1 unspecified atom stereocenters. The first-order valence-electron chi connectivity index (χ1n) is 15.9. The van der Waals surface area contributed by atoms with Crippen molar-refractivity contribution in [2.75, 3.05) is 0 Å². The Balaban J connectivity index is 1.57. The van der Waals surface area contributed by atoms with Crippen LogP contribution in [-0.2, 0) is 22.4 Å². The first-order valence-corrected chi connectivity index (χ1v) is 15.9. The zero-order valence-electron chi connectivity index (χ0n) is 26.6. The van der Waals surface area contributed by atoms with E-state index >= 15 is 0 Å². The van der Waals surface area contributed by atoms with Gasteiger partial charge in [0.2, 0.25) is 11.8 Å². The molecule has 5 rings (SSSR count). The third-order valence-corrected chi connectivity index (χ3v) is 9.12. The van der Waals surface area contributed by atoms with Crippen LogP contribution >= 0.6 is 0 Å². The summed E-state index contributed by atoms with van der Waals surface area (Å²) in [6.07, 6.45) is 9.84. The Morgan fingerprint density at radius 3 is 2.48 bits per heavy atom. The molecule has 1 saturated heterocycles. The van der Waals surface area contributed by atoms with E-state index < -0.39 is 17.6 Å². The number of aromatic nitrogens is 1. The lowest BCUT2D eigenvalue weighted by Crippen LogP contribution is -2.63. The fourth-order valence-electron chi connectivity index (χ4n) is 6.71. The number of benzene rings is 2. The van der Waals surface area contributed by atoms with Crippen LogP contribution < -0.4 is 10.6 Å². The normalized spacial score (nSPS) is 21.2. The maximum absolute atomic E-state index is 14.4. The topological polar surface area (TPSA) is 74.3 Å². The van der Waals surface area contributed by atoms with Crippen LogP contribution in [0.25, 0.3) is 11.1 Å². The van der Waals surface area contributed by atoms with E-state index in [1.807, 2.05) is 61.3 Å². The van der Waals surface area contributed by atoms with Gasteiger partial charge >= 0.3 is 0 Å². The third kappa shape index (κ3) is 6.80. The van der Waals surface area contributed by atoms with Crippen LogP contribution in [0.3, 0.4) is 0 Å². The standard InChI is InChI=1S/C38H46N4O2/c1-7-38(5,6)41-37(44)35(29-19-17-28(18-20-29)32-16-11-21-39-24-32)42-26(4)34(40-36(43)33(42)22-25(2)3)31-15-10-14-27-12-8-9-13-30(27)23-31/h7-9,11-13,16-21,24-25,31,33-35H,1,4,10,14-15,22-23H2,2-3,5-6H3,(H,40,43)(H,41,44)/t31?,33-,34+,35-/m1/s1. The van der Waals surface area contributed by atoms with Gasteiger partial charge in [0.15, 0.2) is 0 Å². The van der Waals surface area contributed by atoms with E-state index in [-0.39, 0.29) is 29.7 Å². The highest BCUT2D eigenvalue weighted by Crippen LogP contribution is 2.39. The zero-order chi connectivity index (χ0) is 31.4. The van der Waals surface area contributed by atoms with Crippen molar-refractivity contribution < 1.29 is 9.59 Å². The smallest absolute Gasteiger partial charge is 0.248 e. The Morgan fingerprint density at radius 2 is 1.82 bits per heavy atom. The second kappa shape index (κ2) is 13.2. The molecule has 6 nitrogen and oxygen atoms in total. The van der Waals surface area contributed by atoms with E-state index in [2.05, 4.69) is 66.9 Å². The summed E-state index contributed by atoms with van der Waals surface area (Å²) in [5, 5.41) is 6.57. The van der Waals surface area contributed by atoms with Crippen LogP contribution in [-0.4, -0.2) is 39.3 Å². The number of fused-ring (bicyclic) bond motifs is 1. The number of piperazine rings is 1. The number of carbonyl (C=O) groups is 2. The zero-order valence-corrected chi connectivity index (χ0v) is 26.6. The third-order valence-electron chi connectivity index (χ3n) is 9.12. The second-order valence-corrected chi connectivity index (χ2v) is 13.3. The van der Waals surface area contributed by atoms with E-state index in [1.54, 1.807) is 12.3 Å². The summed E-state index contributed by atoms with van der Waals surface area (Å²) in [6.45, 7) is 16.7. The summed E-state index contributed by atoms with van der Waals surface area (Å²) >= 11 is 0. The van der Waals surface area contributed by atoms with Crippen LogP contribution in [0.1, 0.15) is 69.7 Å². The molecule has 2 heterocycles. The van der Waals surface area contributed by atoms with Crippen molar-refractivity contribution in [2.24, 2.45) is 11.8 Å². The van der Waals surface area contributed by atoms with E-state index in [0.29, 0.717) is 6.42 Å². The molecule has 0 radical (unpaired) electrons. The van der Waals surface area contributed by atoms with Gasteiger partial charge in [-0.15, -0.1) is 6.58 Å². The molecular weight excluding hydrogens is 544 g/mol. The van der Waals surface area contributed by atoms with Crippen molar-refractivity contribution >= 4 is 11.8 Å². The fraction of sp³-hybridized carbons (Fsp3) is 0.395. The Morgan fingerprint density at radius 1 is 1.09 bits per heavy atom. The molecule has 44 heavy (non-hydrogen) atoms. The molecule has 1 fully saturated rings. The van der Waals surface area contributed by atoms with Gasteiger partial charge in [0.05, 0.1) is 11.6 Å². The van der Waals surface area contributed by atoms with Gasteiger partial charge in [-0.2, -0.15) is 0 Å². The summed E-state index contributed by atoms with van der Waals surface area (Å²) in [4.78, 5) is 34.7. The summed E-state index contributed by atoms with van der Waals surface area (Å²) in [5.74, 6) is 0.197. The molecular formula is C38H46N4O2.